The van der Waals surface area contributed by atoms with E-state index in [1.54, 1.807) is 18.2 Å². The lowest BCUT2D eigenvalue weighted by molar-refractivity contribution is -0.157. The second kappa shape index (κ2) is 6.21. The zero-order valence-electron chi connectivity index (χ0n) is 10.8. The fraction of sp³-hybridized carbons (Fsp3) is 0.417. The van der Waals surface area contributed by atoms with Crippen LogP contribution in [0.5, 0.6) is 0 Å². The van der Waals surface area contributed by atoms with Crippen LogP contribution in [-0.4, -0.2) is 51.6 Å². The van der Waals surface area contributed by atoms with Crippen molar-refractivity contribution in [3.05, 3.63) is 28.7 Å². The number of nitrogens with zero attached hydrogens (tertiary/aromatic N) is 1. The van der Waals surface area contributed by atoms with Crippen LogP contribution in [0.3, 0.4) is 0 Å². The average Bonchev–Trinajstić information content (AvgIpc) is 2.47. The van der Waals surface area contributed by atoms with E-state index < -0.39 is 22.1 Å². The number of halogens is 1. The summed E-state index contributed by atoms with van der Waals surface area (Å²) in [6.07, 6.45) is -0.883. The summed E-state index contributed by atoms with van der Waals surface area (Å²) >= 11 is 3.23. The smallest absolute Gasteiger partial charge is 0.336 e. The van der Waals surface area contributed by atoms with E-state index >= 15 is 0 Å². The molecular formula is C12H14BrNO5S. The van der Waals surface area contributed by atoms with E-state index in [1.807, 2.05) is 0 Å². The zero-order valence-corrected chi connectivity index (χ0v) is 13.2. The first-order chi connectivity index (χ1) is 9.46. The molecule has 0 radical (unpaired) electrons. The van der Waals surface area contributed by atoms with Gasteiger partial charge in [0.1, 0.15) is 0 Å². The number of benzene rings is 1. The van der Waals surface area contributed by atoms with Crippen LogP contribution in [0.25, 0.3) is 0 Å². The number of morpholine rings is 1. The molecule has 1 aromatic carbocycles. The van der Waals surface area contributed by atoms with Gasteiger partial charge in [0.05, 0.1) is 25.2 Å². The largest absolute Gasteiger partial charge is 0.467 e. The molecule has 0 aliphatic carbocycles. The first-order valence-corrected chi connectivity index (χ1v) is 8.14. The van der Waals surface area contributed by atoms with Crippen molar-refractivity contribution in [2.75, 3.05) is 26.8 Å². The number of esters is 1. The number of rotatable bonds is 3. The minimum absolute atomic E-state index is 0.0453. The van der Waals surface area contributed by atoms with E-state index in [0.29, 0.717) is 4.47 Å². The first-order valence-electron chi connectivity index (χ1n) is 5.91. The highest BCUT2D eigenvalue weighted by molar-refractivity contribution is 9.10. The van der Waals surface area contributed by atoms with Crippen molar-refractivity contribution in [3.8, 4) is 0 Å². The SMILES string of the molecule is COC(=O)C1CN(S(=O)(=O)c2ccccc2Br)CCO1. The van der Waals surface area contributed by atoms with E-state index in [-0.39, 0.29) is 24.6 Å². The third-order valence-corrected chi connectivity index (χ3v) is 5.82. The first kappa shape index (κ1) is 15.4. The molecule has 0 bridgehead atoms. The summed E-state index contributed by atoms with van der Waals surface area (Å²) < 4.78 is 36.6. The summed E-state index contributed by atoms with van der Waals surface area (Å²) in [5.74, 6) is -0.572. The topological polar surface area (TPSA) is 72.9 Å². The van der Waals surface area contributed by atoms with Crippen LogP contribution in [0, 0.1) is 0 Å². The summed E-state index contributed by atoms with van der Waals surface area (Å²) in [6.45, 7) is 0.316. The van der Waals surface area contributed by atoms with Crippen molar-refractivity contribution in [1.29, 1.82) is 0 Å². The molecule has 0 saturated carbocycles. The van der Waals surface area contributed by atoms with Gasteiger partial charge in [-0.1, -0.05) is 12.1 Å². The van der Waals surface area contributed by atoms with E-state index in [0.717, 1.165) is 0 Å². The molecule has 6 nitrogen and oxygen atoms in total. The minimum Gasteiger partial charge on any atom is -0.467 e. The Morgan fingerprint density at radius 3 is 2.80 bits per heavy atom. The molecule has 0 N–H and O–H groups in total. The standard InChI is InChI=1S/C12H14BrNO5S/c1-18-12(15)10-8-14(6-7-19-10)20(16,17)11-5-3-2-4-9(11)13/h2-5,10H,6-8H2,1H3. The molecule has 1 atom stereocenters. The van der Waals surface area contributed by atoms with Crippen molar-refractivity contribution in [1.82, 2.24) is 4.31 Å². The van der Waals surface area contributed by atoms with Gasteiger partial charge in [0.2, 0.25) is 10.0 Å². The third kappa shape index (κ3) is 3.03. The highest BCUT2D eigenvalue weighted by Crippen LogP contribution is 2.26. The number of carbonyl (C=O) groups excluding carboxylic acids is 1. The van der Waals surface area contributed by atoms with Gasteiger partial charge in [0.15, 0.2) is 6.10 Å². The number of ether oxygens (including phenoxy) is 2. The molecule has 8 heteroatoms. The summed E-state index contributed by atoms with van der Waals surface area (Å²) in [7, 11) is -2.43. The molecular weight excluding hydrogens is 350 g/mol. The van der Waals surface area contributed by atoms with Crippen LogP contribution in [0.1, 0.15) is 0 Å². The van der Waals surface area contributed by atoms with Crippen molar-refractivity contribution < 1.29 is 22.7 Å². The average molecular weight is 364 g/mol. The summed E-state index contributed by atoms with van der Waals surface area (Å²) in [6, 6.07) is 6.56. The monoisotopic (exact) mass is 363 g/mol. The van der Waals surface area contributed by atoms with Gasteiger partial charge in [0.25, 0.3) is 0 Å². The zero-order chi connectivity index (χ0) is 14.8. The van der Waals surface area contributed by atoms with E-state index in [2.05, 4.69) is 20.7 Å². The molecule has 0 spiro atoms. The van der Waals surface area contributed by atoms with E-state index in [1.165, 1.54) is 17.5 Å². The Hall–Kier alpha value is -0.960. The van der Waals surface area contributed by atoms with E-state index in [9.17, 15) is 13.2 Å². The quantitative estimate of drug-likeness (QED) is 0.749. The molecule has 2 rings (SSSR count). The van der Waals surface area contributed by atoms with Gasteiger partial charge in [-0.05, 0) is 28.1 Å². The predicted molar refractivity (Wildman–Crippen MR) is 74.7 cm³/mol. The Labute approximate surface area is 125 Å². The van der Waals surface area contributed by atoms with Gasteiger partial charge in [-0.2, -0.15) is 4.31 Å². The highest BCUT2D eigenvalue weighted by atomic mass is 79.9. The third-order valence-electron chi connectivity index (χ3n) is 2.95. The molecule has 1 fully saturated rings. The number of sulfonamides is 1. The number of hydrogen-bond donors (Lipinski definition) is 0. The van der Waals surface area contributed by atoms with Gasteiger partial charge in [-0.15, -0.1) is 0 Å². The molecule has 1 saturated heterocycles. The Kier molecular flexibility index (Phi) is 4.79. The number of hydrogen-bond acceptors (Lipinski definition) is 5. The van der Waals surface area contributed by atoms with Crippen molar-refractivity contribution in [2.45, 2.75) is 11.0 Å². The maximum absolute atomic E-state index is 12.6. The maximum atomic E-state index is 12.6. The lowest BCUT2D eigenvalue weighted by Gasteiger charge is -2.30. The van der Waals surface area contributed by atoms with Crippen LogP contribution in [-0.2, 0) is 24.3 Å². The summed E-state index contributed by atoms with van der Waals surface area (Å²) in [5.41, 5.74) is 0. The molecule has 1 aliphatic rings. The van der Waals surface area contributed by atoms with Gasteiger partial charge < -0.3 is 9.47 Å². The van der Waals surface area contributed by atoms with Crippen molar-refractivity contribution >= 4 is 31.9 Å². The molecule has 1 unspecified atom stereocenters. The Morgan fingerprint density at radius 1 is 1.45 bits per heavy atom. The van der Waals surface area contributed by atoms with Crippen LogP contribution < -0.4 is 0 Å². The van der Waals surface area contributed by atoms with Crippen LogP contribution in [0.15, 0.2) is 33.6 Å². The van der Waals surface area contributed by atoms with Gasteiger partial charge in [-0.25, -0.2) is 13.2 Å². The Balaban J connectivity index is 2.26. The van der Waals surface area contributed by atoms with Crippen LogP contribution in [0.4, 0.5) is 0 Å². The second-order valence-electron chi connectivity index (χ2n) is 4.18. The summed E-state index contributed by atoms with van der Waals surface area (Å²) in [4.78, 5) is 11.6. The van der Waals surface area contributed by atoms with Gasteiger partial charge in [0, 0.05) is 11.0 Å². The van der Waals surface area contributed by atoms with E-state index in [4.69, 9.17) is 4.74 Å². The highest BCUT2D eigenvalue weighted by Gasteiger charge is 2.35. The van der Waals surface area contributed by atoms with Crippen LogP contribution >= 0.6 is 15.9 Å². The molecule has 110 valence electrons. The maximum Gasteiger partial charge on any atom is 0.336 e. The Bertz CT molecular complexity index is 604. The fourth-order valence-electron chi connectivity index (χ4n) is 1.91. The van der Waals surface area contributed by atoms with Crippen LogP contribution in [0.2, 0.25) is 0 Å². The summed E-state index contributed by atoms with van der Waals surface area (Å²) in [5, 5.41) is 0. The van der Waals surface area contributed by atoms with Crippen molar-refractivity contribution in [3.63, 3.8) is 0 Å². The van der Waals surface area contributed by atoms with Gasteiger partial charge >= 0.3 is 5.97 Å². The van der Waals surface area contributed by atoms with Gasteiger partial charge in [-0.3, -0.25) is 0 Å². The van der Waals surface area contributed by atoms with Crippen molar-refractivity contribution in [2.24, 2.45) is 0 Å². The minimum atomic E-state index is -3.67. The molecule has 1 heterocycles. The molecule has 0 amide bonds. The molecule has 1 aromatic rings. The lowest BCUT2D eigenvalue weighted by Crippen LogP contribution is -2.48. The molecule has 0 aromatic heterocycles. The Morgan fingerprint density at radius 2 is 2.15 bits per heavy atom. The fourth-order valence-corrected chi connectivity index (χ4v) is 4.30. The normalized spacial score (nSPS) is 20.6. The molecule has 20 heavy (non-hydrogen) atoms. The number of methoxy groups -OCH3 is 1. The molecule has 1 aliphatic heterocycles. The predicted octanol–water partition coefficient (Wildman–Crippen LogP) is 1.01. The number of carbonyl (C=O) groups is 1. The lowest BCUT2D eigenvalue weighted by atomic mass is 10.3. The second-order valence-corrected chi connectivity index (χ2v) is 6.94.